The highest BCUT2D eigenvalue weighted by atomic mass is 19.3. The predicted molar refractivity (Wildman–Crippen MR) is 52.1 cm³/mol. The molecule has 0 aliphatic carbocycles. The van der Waals surface area contributed by atoms with Crippen LogP contribution in [0.4, 0.5) is 8.78 Å². The number of amides is 1. The molecular formula is C10H11F2NO3. The van der Waals surface area contributed by atoms with E-state index in [2.05, 4.69) is 0 Å². The van der Waals surface area contributed by atoms with E-state index >= 15 is 0 Å². The molecule has 1 rings (SSSR count). The van der Waals surface area contributed by atoms with Crippen LogP contribution in [0.2, 0.25) is 0 Å². The van der Waals surface area contributed by atoms with Crippen molar-refractivity contribution >= 4 is 5.91 Å². The summed E-state index contributed by atoms with van der Waals surface area (Å²) in [7, 11) is 0. The molecule has 0 saturated carbocycles. The number of benzene rings is 1. The number of hydrogen-bond acceptors (Lipinski definition) is 3. The molecule has 0 heterocycles. The van der Waals surface area contributed by atoms with Gasteiger partial charge in [-0.3, -0.25) is 4.79 Å². The second kappa shape index (κ2) is 5.41. The van der Waals surface area contributed by atoms with Crippen LogP contribution in [0.15, 0.2) is 24.3 Å². The summed E-state index contributed by atoms with van der Waals surface area (Å²) in [6, 6.07) is 5.36. The lowest BCUT2D eigenvalue weighted by Gasteiger charge is -2.10. The lowest BCUT2D eigenvalue weighted by molar-refractivity contribution is -0.119. The van der Waals surface area contributed by atoms with Crippen LogP contribution in [0.1, 0.15) is 11.7 Å². The summed E-state index contributed by atoms with van der Waals surface area (Å²) >= 11 is 0. The molecule has 1 aromatic rings. The molecule has 6 heteroatoms. The highest BCUT2D eigenvalue weighted by Crippen LogP contribution is 2.22. The van der Waals surface area contributed by atoms with E-state index in [-0.39, 0.29) is 12.2 Å². The van der Waals surface area contributed by atoms with Gasteiger partial charge in [-0.1, -0.05) is 12.1 Å². The maximum Gasteiger partial charge on any atom is 0.268 e. The summed E-state index contributed by atoms with van der Waals surface area (Å²) in [5.41, 5.74) is 4.94. The molecule has 0 aliphatic rings. The molecule has 0 spiro atoms. The van der Waals surface area contributed by atoms with Gasteiger partial charge in [0.1, 0.15) is 11.9 Å². The van der Waals surface area contributed by atoms with Crippen LogP contribution in [-0.2, 0) is 4.79 Å². The quantitative estimate of drug-likeness (QED) is 0.789. The minimum absolute atomic E-state index is 0.0847. The molecule has 0 fully saturated rings. The molecule has 16 heavy (non-hydrogen) atoms. The van der Waals surface area contributed by atoms with E-state index < -0.39 is 18.4 Å². The molecule has 4 nitrogen and oxygen atoms in total. The third kappa shape index (κ3) is 3.47. The maximum absolute atomic E-state index is 12.1. The Labute approximate surface area is 90.6 Å². The van der Waals surface area contributed by atoms with Gasteiger partial charge in [0.05, 0.1) is 0 Å². The van der Waals surface area contributed by atoms with Crippen LogP contribution in [0.25, 0.3) is 0 Å². The molecule has 1 atom stereocenters. The first-order chi connectivity index (χ1) is 7.50. The first-order valence-corrected chi connectivity index (χ1v) is 4.48. The number of carbonyl (C=O) groups excluding carboxylic acids is 1. The van der Waals surface area contributed by atoms with Crippen LogP contribution in [0.3, 0.4) is 0 Å². The highest BCUT2D eigenvalue weighted by molar-refractivity contribution is 5.75. The second-order valence-corrected chi connectivity index (χ2v) is 3.10. The van der Waals surface area contributed by atoms with E-state index in [1.54, 1.807) is 0 Å². The Hall–Kier alpha value is -1.69. The second-order valence-electron chi connectivity index (χ2n) is 3.10. The molecule has 0 aliphatic heterocycles. The van der Waals surface area contributed by atoms with E-state index in [0.29, 0.717) is 5.75 Å². The number of alkyl halides is 2. The number of aliphatic hydroxyl groups is 1. The third-order valence-electron chi connectivity index (χ3n) is 1.84. The molecule has 1 aromatic carbocycles. The van der Waals surface area contributed by atoms with Gasteiger partial charge in [-0.2, -0.15) is 0 Å². The number of carbonyl (C=O) groups is 1. The van der Waals surface area contributed by atoms with Crippen molar-refractivity contribution in [2.45, 2.75) is 12.5 Å². The van der Waals surface area contributed by atoms with Crippen molar-refractivity contribution in [1.82, 2.24) is 0 Å². The molecule has 0 bridgehead atoms. The van der Waals surface area contributed by atoms with Gasteiger partial charge < -0.3 is 15.6 Å². The number of ether oxygens (including phenoxy) is 1. The monoisotopic (exact) mass is 231 g/mol. The summed E-state index contributed by atoms with van der Waals surface area (Å²) in [5.74, 6) is -0.305. The van der Waals surface area contributed by atoms with Gasteiger partial charge in [0.15, 0.2) is 6.61 Å². The zero-order valence-corrected chi connectivity index (χ0v) is 8.27. The number of nitrogens with two attached hydrogens (primary N) is 1. The summed E-state index contributed by atoms with van der Waals surface area (Å²) in [5, 5.41) is 9.04. The molecule has 0 aromatic heterocycles. The molecule has 3 N–H and O–H groups in total. The Morgan fingerprint density at radius 1 is 1.38 bits per heavy atom. The molecule has 0 radical (unpaired) electrons. The van der Waals surface area contributed by atoms with Gasteiger partial charge in [-0.25, -0.2) is 8.78 Å². The van der Waals surface area contributed by atoms with Gasteiger partial charge in [-0.05, 0) is 17.7 Å². The topological polar surface area (TPSA) is 72.6 Å². The summed E-state index contributed by atoms with van der Waals surface area (Å²) in [6.45, 7) is -0.281. The van der Waals surface area contributed by atoms with Gasteiger partial charge in [0.25, 0.3) is 12.3 Å². The Morgan fingerprint density at radius 2 is 1.94 bits per heavy atom. The minimum Gasteiger partial charge on any atom is -0.484 e. The number of primary amides is 1. The SMILES string of the molecule is NC(=O)COc1ccc(C(O)C(F)F)cc1. The van der Waals surface area contributed by atoms with Gasteiger partial charge in [0, 0.05) is 0 Å². The number of hydrogen-bond donors (Lipinski definition) is 2. The standard InChI is InChI=1S/C10H11F2NO3/c11-10(12)9(15)6-1-3-7(4-2-6)16-5-8(13)14/h1-4,9-10,15H,5H2,(H2,13,14). The van der Waals surface area contributed by atoms with Crippen molar-refractivity contribution in [3.05, 3.63) is 29.8 Å². The average molecular weight is 231 g/mol. The van der Waals surface area contributed by atoms with Crippen LogP contribution in [0, 0.1) is 0 Å². The van der Waals surface area contributed by atoms with Crippen molar-refractivity contribution in [1.29, 1.82) is 0 Å². The highest BCUT2D eigenvalue weighted by Gasteiger charge is 2.18. The molecule has 1 amide bonds. The van der Waals surface area contributed by atoms with Crippen molar-refractivity contribution in [3.8, 4) is 5.75 Å². The Morgan fingerprint density at radius 3 is 2.38 bits per heavy atom. The molecule has 1 unspecified atom stereocenters. The zero-order chi connectivity index (χ0) is 12.1. The van der Waals surface area contributed by atoms with Crippen LogP contribution in [0.5, 0.6) is 5.75 Å². The van der Waals surface area contributed by atoms with E-state index in [4.69, 9.17) is 15.6 Å². The summed E-state index contributed by atoms with van der Waals surface area (Å²) in [4.78, 5) is 10.4. The average Bonchev–Trinajstić information content (AvgIpc) is 2.26. The van der Waals surface area contributed by atoms with Gasteiger partial charge in [0.2, 0.25) is 0 Å². The van der Waals surface area contributed by atoms with Crippen LogP contribution in [-0.4, -0.2) is 24.0 Å². The smallest absolute Gasteiger partial charge is 0.268 e. The first-order valence-electron chi connectivity index (χ1n) is 4.48. The molecular weight excluding hydrogens is 220 g/mol. The fourth-order valence-corrected chi connectivity index (χ4v) is 1.06. The van der Waals surface area contributed by atoms with Crippen molar-refractivity contribution in [2.75, 3.05) is 6.61 Å². The Balaban J connectivity index is 2.64. The lowest BCUT2D eigenvalue weighted by atomic mass is 10.1. The first kappa shape index (κ1) is 12.4. The lowest BCUT2D eigenvalue weighted by Crippen LogP contribution is -2.20. The van der Waals surface area contributed by atoms with Crippen LogP contribution >= 0.6 is 0 Å². The van der Waals surface area contributed by atoms with Crippen molar-refractivity contribution < 1.29 is 23.4 Å². The minimum atomic E-state index is -2.84. The van der Waals surface area contributed by atoms with Gasteiger partial charge >= 0.3 is 0 Å². The van der Waals surface area contributed by atoms with Gasteiger partial charge in [-0.15, -0.1) is 0 Å². The summed E-state index contributed by atoms with van der Waals surface area (Å²) in [6.07, 6.45) is -4.65. The third-order valence-corrected chi connectivity index (χ3v) is 1.84. The van der Waals surface area contributed by atoms with E-state index in [9.17, 15) is 13.6 Å². The van der Waals surface area contributed by atoms with E-state index in [0.717, 1.165) is 0 Å². The van der Waals surface area contributed by atoms with E-state index in [1.165, 1.54) is 24.3 Å². The fourth-order valence-electron chi connectivity index (χ4n) is 1.06. The Kier molecular flexibility index (Phi) is 4.19. The zero-order valence-electron chi connectivity index (χ0n) is 8.27. The largest absolute Gasteiger partial charge is 0.484 e. The number of halogens is 2. The predicted octanol–water partition coefficient (Wildman–Crippen LogP) is 0.849. The molecule has 0 saturated heterocycles. The summed E-state index contributed by atoms with van der Waals surface area (Å²) < 4.78 is 29.2. The molecule has 88 valence electrons. The fraction of sp³-hybridized carbons (Fsp3) is 0.300. The number of rotatable bonds is 5. The maximum atomic E-state index is 12.1. The van der Waals surface area contributed by atoms with E-state index in [1.807, 2.05) is 0 Å². The van der Waals surface area contributed by atoms with Crippen molar-refractivity contribution in [3.63, 3.8) is 0 Å². The van der Waals surface area contributed by atoms with Crippen LogP contribution < -0.4 is 10.5 Å². The normalized spacial score (nSPS) is 12.5. The Bertz CT molecular complexity index is 354. The van der Waals surface area contributed by atoms with Crippen molar-refractivity contribution in [2.24, 2.45) is 5.73 Å². The number of aliphatic hydroxyl groups excluding tert-OH is 1.